The predicted octanol–water partition coefficient (Wildman–Crippen LogP) is 1.76. The summed E-state index contributed by atoms with van der Waals surface area (Å²) >= 11 is 1.77. The second-order valence-corrected chi connectivity index (χ2v) is 8.79. The molecule has 6 nitrogen and oxygen atoms in total. The molecule has 0 spiro atoms. The van der Waals surface area contributed by atoms with Crippen LogP contribution in [0, 0.1) is 5.92 Å². The first-order chi connectivity index (χ1) is 11.4. The molecular formula is C16H30N4O2S2. The Kier molecular flexibility index (Phi) is 9.31. The Morgan fingerprint density at radius 1 is 1.33 bits per heavy atom. The van der Waals surface area contributed by atoms with Crippen LogP contribution in [0.15, 0.2) is 22.5 Å². The molecule has 1 atom stereocenters. The van der Waals surface area contributed by atoms with Gasteiger partial charge in [0.15, 0.2) is 5.96 Å². The fourth-order valence-electron chi connectivity index (χ4n) is 2.38. The van der Waals surface area contributed by atoms with Gasteiger partial charge < -0.3 is 10.6 Å². The Morgan fingerprint density at radius 3 is 2.58 bits per heavy atom. The van der Waals surface area contributed by atoms with Gasteiger partial charge in [0, 0.05) is 38.1 Å². The standard InChI is InChI=1S/C16H30N4O2S2/c1-5-20(6-2)24(21,22)11-9-18-16(17-4)19-13-14(3)12-15-8-7-10-23-15/h7-8,10,14H,5-6,9,11-13H2,1-4H3,(H2,17,18,19). The molecule has 24 heavy (non-hydrogen) atoms. The van der Waals surface area contributed by atoms with Gasteiger partial charge in [0.2, 0.25) is 10.0 Å². The Hall–Kier alpha value is -1.12. The zero-order chi connectivity index (χ0) is 18.0. The number of sulfonamides is 1. The zero-order valence-electron chi connectivity index (χ0n) is 15.1. The van der Waals surface area contributed by atoms with Gasteiger partial charge in [-0.25, -0.2) is 12.7 Å². The van der Waals surface area contributed by atoms with Crippen LogP contribution in [0.1, 0.15) is 25.6 Å². The molecule has 0 aliphatic carbocycles. The minimum absolute atomic E-state index is 0.0696. The summed E-state index contributed by atoms with van der Waals surface area (Å²) in [5.74, 6) is 1.18. The van der Waals surface area contributed by atoms with E-state index in [0.717, 1.165) is 13.0 Å². The van der Waals surface area contributed by atoms with Gasteiger partial charge in [-0.2, -0.15) is 0 Å². The Labute approximate surface area is 150 Å². The van der Waals surface area contributed by atoms with Crippen molar-refractivity contribution in [2.45, 2.75) is 27.2 Å². The van der Waals surface area contributed by atoms with Crippen LogP contribution in [0.4, 0.5) is 0 Å². The molecule has 1 unspecified atom stereocenters. The molecule has 1 aromatic heterocycles. The van der Waals surface area contributed by atoms with E-state index in [2.05, 4.69) is 40.1 Å². The molecule has 8 heteroatoms. The number of aliphatic imine (C=N–C) groups is 1. The van der Waals surface area contributed by atoms with Gasteiger partial charge in [0.25, 0.3) is 0 Å². The van der Waals surface area contributed by atoms with Crippen molar-refractivity contribution in [1.29, 1.82) is 0 Å². The molecule has 0 amide bonds. The summed E-state index contributed by atoms with van der Waals surface area (Å²) in [6, 6.07) is 4.21. The Morgan fingerprint density at radius 2 is 2.04 bits per heavy atom. The number of guanidine groups is 1. The van der Waals surface area contributed by atoms with E-state index in [9.17, 15) is 8.42 Å². The summed E-state index contributed by atoms with van der Waals surface area (Å²) in [5, 5.41) is 8.43. The van der Waals surface area contributed by atoms with Gasteiger partial charge in [0.1, 0.15) is 0 Å². The third-order valence-corrected chi connectivity index (χ3v) is 6.64. The molecule has 0 bridgehead atoms. The van der Waals surface area contributed by atoms with Crippen molar-refractivity contribution in [2.24, 2.45) is 10.9 Å². The second-order valence-electron chi connectivity index (χ2n) is 5.67. The summed E-state index contributed by atoms with van der Waals surface area (Å²) < 4.78 is 25.7. The fraction of sp³-hybridized carbons (Fsp3) is 0.688. The van der Waals surface area contributed by atoms with E-state index in [1.165, 1.54) is 9.18 Å². The van der Waals surface area contributed by atoms with Crippen molar-refractivity contribution in [3.63, 3.8) is 0 Å². The number of nitrogens with one attached hydrogen (secondary N) is 2. The number of nitrogens with zero attached hydrogens (tertiary/aromatic N) is 2. The van der Waals surface area contributed by atoms with Gasteiger partial charge in [-0.05, 0) is 23.8 Å². The quantitative estimate of drug-likeness (QED) is 0.483. The lowest BCUT2D eigenvalue weighted by Gasteiger charge is -2.19. The van der Waals surface area contributed by atoms with Gasteiger partial charge in [-0.1, -0.05) is 26.8 Å². The van der Waals surface area contributed by atoms with Crippen LogP contribution in [-0.2, 0) is 16.4 Å². The fourth-order valence-corrected chi connectivity index (χ4v) is 4.66. The van der Waals surface area contributed by atoms with Crippen LogP contribution in [-0.4, -0.2) is 57.7 Å². The smallest absolute Gasteiger partial charge is 0.215 e. The van der Waals surface area contributed by atoms with Crippen molar-refractivity contribution in [3.05, 3.63) is 22.4 Å². The normalized spacial score (nSPS) is 14.0. The minimum atomic E-state index is -3.20. The molecule has 0 radical (unpaired) electrons. The maximum atomic E-state index is 12.1. The highest BCUT2D eigenvalue weighted by atomic mass is 32.2. The highest BCUT2D eigenvalue weighted by Crippen LogP contribution is 2.13. The van der Waals surface area contributed by atoms with Crippen molar-refractivity contribution in [1.82, 2.24) is 14.9 Å². The summed E-state index contributed by atoms with van der Waals surface area (Å²) in [7, 11) is -1.51. The van der Waals surface area contributed by atoms with Crippen molar-refractivity contribution < 1.29 is 8.42 Å². The third-order valence-electron chi connectivity index (χ3n) is 3.72. The third kappa shape index (κ3) is 7.19. The summed E-state index contributed by atoms with van der Waals surface area (Å²) in [6.45, 7) is 8.04. The monoisotopic (exact) mass is 374 g/mol. The number of rotatable bonds is 10. The van der Waals surface area contributed by atoms with Crippen LogP contribution in [0.3, 0.4) is 0 Å². The maximum absolute atomic E-state index is 12.1. The number of thiophene rings is 1. The van der Waals surface area contributed by atoms with Crippen LogP contribution in [0.5, 0.6) is 0 Å². The van der Waals surface area contributed by atoms with Crippen molar-refractivity contribution >= 4 is 27.3 Å². The van der Waals surface area contributed by atoms with Gasteiger partial charge in [-0.15, -0.1) is 11.3 Å². The van der Waals surface area contributed by atoms with E-state index in [0.29, 0.717) is 31.5 Å². The molecule has 0 aliphatic heterocycles. The van der Waals surface area contributed by atoms with E-state index < -0.39 is 10.0 Å². The molecule has 0 aliphatic rings. The molecule has 1 heterocycles. The number of hydrogen-bond acceptors (Lipinski definition) is 4. The van der Waals surface area contributed by atoms with E-state index in [1.54, 1.807) is 18.4 Å². The average Bonchev–Trinajstić information content (AvgIpc) is 3.04. The van der Waals surface area contributed by atoms with Crippen molar-refractivity contribution in [2.75, 3.05) is 39.0 Å². The molecule has 0 fully saturated rings. The summed E-state index contributed by atoms with van der Waals surface area (Å²) in [6.07, 6.45) is 1.03. The highest BCUT2D eigenvalue weighted by molar-refractivity contribution is 7.89. The predicted molar refractivity (Wildman–Crippen MR) is 103 cm³/mol. The van der Waals surface area contributed by atoms with Crippen LogP contribution in [0.2, 0.25) is 0 Å². The van der Waals surface area contributed by atoms with Crippen LogP contribution < -0.4 is 10.6 Å². The van der Waals surface area contributed by atoms with Gasteiger partial charge in [-0.3, -0.25) is 4.99 Å². The summed E-state index contributed by atoms with van der Waals surface area (Å²) in [4.78, 5) is 5.52. The molecule has 1 rings (SSSR count). The van der Waals surface area contributed by atoms with Gasteiger partial charge in [0.05, 0.1) is 5.75 Å². The van der Waals surface area contributed by atoms with E-state index in [1.807, 2.05) is 13.8 Å². The highest BCUT2D eigenvalue weighted by Gasteiger charge is 2.18. The lowest BCUT2D eigenvalue weighted by atomic mass is 10.1. The molecular weight excluding hydrogens is 344 g/mol. The van der Waals surface area contributed by atoms with E-state index in [-0.39, 0.29) is 5.75 Å². The van der Waals surface area contributed by atoms with E-state index >= 15 is 0 Å². The van der Waals surface area contributed by atoms with E-state index in [4.69, 9.17) is 0 Å². The molecule has 0 saturated carbocycles. The first-order valence-corrected chi connectivity index (χ1v) is 10.9. The lowest BCUT2D eigenvalue weighted by molar-refractivity contribution is 0.445. The second kappa shape index (κ2) is 10.7. The summed E-state index contributed by atoms with van der Waals surface area (Å²) in [5.41, 5.74) is 0. The first kappa shape index (κ1) is 20.9. The Bertz CT molecular complexity index is 581. The SMILES string of the molecule is CCN(CC)S(=O)(=O)CCNC(=NC)NCC(C)Cc1cccs1. The molecule has 1 aromatic rings. The van der Waals surface area contributed by atoms with Crippen molar-refractivity contribution in [3.8, 4) is 0 Å². The molecule has 2 N–H and O–H groups in total. The zero-order valence-corrected chi connectivity index (χ0v) is 16.7. The first-order valence-electron chi connectivity index (χ1n) is 8.37. The lowest BCUT2D eigenvalue weighted by Crippen LogP contribution is -2.43. The average molecular weight is 375 g/mol. The number of hydrogen-bond donors (Lipinski definition) is 2. The largest absolute Gasteiger partial charge is 0.356 e. The van der Waals surface area contributed by atoms with Gasteiger partial charge >= 0.3 is 0 Å². The van der Waals surface area contributed by atoms with Crippen LogP contribution in [0.25, 0.3) is 0 Å². The topological polar surface area (TPSA) is 73.8 Å². The molecule has 0 saturated heterocycles. The molecule has 138 valence electrons. The minimum Gasteiger partial charge on any atom is -0.356 e. The molecule has 0 aromatic carbocycles. The van der Waals surface area contributed by atoms with Crippen LogP contribution >= 0.6 is 11.3 Å². The maximum Gasteiger partial charge on any atom is 0.215 e. The Balaban J connectivity index is 2.35.